The van der Waals surface area contributed by atoms with Crippen LogP contribution < -0.4 is 5.73 Å². The highest BCUT2D eigenvalue weighted by atomic mass is 16.2. The van der Waals surface area contributed by atoms with Gasteiger partial charge < -0.3 is 10.6 Å². The molecule has 1 atom stereocenters. The van der Waals surface area contributed by atoms with Gasteiger partial charge in [0.15, 0.2) is 0 Å². The van der Waals surface area contributed by atoms with E-state index in [1.165, 1.54) is 0 Å². The number of carbonyl (C=O) groups is 2. The Bertz CT molecular complexity index is 772. The number of para-hydroxylation sites is 1. The van der Waals surface area contributed by atoms with Gasteiger partial charge in [-0.2, -0.15) is 0 Å². The average molecular weight is 340 g/mol. The van der Waals surface area contributed by atoms with E-state index < -0.39 is 0 Å². The predicted molar refractivity (Wildman–Crippen MR) is 96.6 cm³/mol. The van der Waals surface area contributed by atoms with Crippen molar-refractivity contribution in [1.82, 2.24) is 14.8 Å². The lowest BCUT2D eigenvalue weighted by molar-refractivity contribution is -0.137. The SMILES string of the molecule is CN(Cc1cccc2cccnc12)C(=O)C1CCCN(CC(N)=O)C1. The summed E-state index contributed by atoms with van der Waals surface area (Å²) in [6.07, 6.45) is 3.54. The van der Waals surface area contributed by atoms with E-state index in [2.05, 4.69) is 4.98 Å². The lowest BCUT2D eigenvalue weighted by Crippen LogP contribution is -2.46. The first kappa shape index (κ1) is 17.4. The van der Waals surface area contributed by atoms with Gasteiger partial charge in [-0.15, -0.1) is 0 Å². The maximum absolute atomic E-state index is 12.8. The number of likely N-dealkylation sites (tertiary alicyclic amines) is 1. The molecule has 3 rings (SSSR count). The van der Waals surface area contributed by atoms with Crippen LogP contribution in [-0.4, -0.2) is 53.3 Å². The minimum atomic E-state index is -0.344. The van der Waals surface area contributed by atoms with Crippen LogP contribution in [0, 0.1) is 5.92 Å². The molecule has 2 heterocycles. The van der Waals surface area contributed by atoms with Crippen LogP contribution in [0.15, 0.2) is 36.5 Å². The largest absolute Gasteiger partial charge is 0.369 e. The van der Waals surface area contributed by atoms with Crippen molar-refractivity contribution >= 4 is 22.7 Å². The molecule has 0 bridgehead atoms. The molecule has 2 N–H and O–H groups in total. The summed E-state index contributed by atoms with van der Waals surface area (Å²) in [6, 6.07) is 9.97. The van der Waals surface area contributed by atoms with E-state index in [9.17, 15) is 9.59 Å². The smallest absolute Gasteiger partial charge is 0.231 e. The maximum atomic E-state index is 12.8. The molecule has 1 aromatic carbocycles. The number of carbonyl (C=O) groups excluding carboxylic acids is 2. The van der Waals surface area contributed by atoms with Crippen molar-refractivity contribution in [1.29, 1.82) is 0 Å². The van der Waals surface area contributed by atoms with Gasteiger partial charge in [0.2, 0.25) is 11.8 Å². The molecule has 0 spiro atoms. The van der Waals surface area contributed by atoms with Crippen LogP contribution in [0.1, 0.15) is 18.4 Å². The fourth-order valence-electron chi connectivity index (χ4n) is 3.56. The second kappa shape index (κ2) is 7.61. The lowest BCUT2D eigenvalue weighted by Gasteiger charge is -2.33. The van der Waals surface area contributed by atoms with Gasteiger partial charge in [-0.1, -0.05) is 24.3 Å². The second-order valence-electron chi connectivity index (χ2n) is 6.73. The maximum Gasteiger partial charge on any atom is 0.231 e. The number of hydrogen-bond donors (Lipinski definition) is 1. The molecule has 2 aromatic rings. The van der Waals surface area contributed by atoms with Crippen LogP contribution in [0.3, 0.4) is 0 Å². The van der Waals surface area contributed by atoms with E-state index in [4.69, 9.17) is 5.73 Å². The molecule has 132 valence electrons. The second-order valence-corrected chi connectivity index (χ2v) is 6.73. The summed E-state index contributed by atoms with van der Waals surface area (Å²) in [5.74, 6) is -0.313. The summed E-state index contributed by atoms with van der Waals surface area (Å²) in [7, 11) is 1.83. The first-order valence-electron chi connectivity index (χ1n) is 8.63. The molecule has 1 aliphatic rings. The van der Waals surface area contributed by atoms with E-state index in [1.54, 1.807) is 11.1 Å². The number of benzene rings is 1. The zero-order valence-corrected chi connectivity index (χ0v) is 14.5. The minimum Gasteiger partial charge on any atom is -0.369 e. The van der Waals surface area contributed by atoms with Gasteiger partial charge in [0.05, 0.1) is 18.0 Å². The van der Waals surface area contributed by atoms with Crippen LogP contribution in [0.2, 0.25) is 0 Å². The number of rotatable bonds is 5. The average Bonchev–Trinajstić information content (AvgIpc) is 2.61. The molecule has 1 unspecified atom stereocenters. The van der Waals surface area contributed by atoms with Gasteiger partial charge in [-0.3, -0.25) is 19.5 Å². The molecule has 1 fully saturated rings. The molecule has 0 saturated carbocycles. The normalized spacial score (nSPS) is 18.2. The van der Waals surface area contributed by atoms with Crippen LogP contribution in [-0.2, 0) is 16.1 Å². The quantitative estimate of drug-likeness (QED) is 0.892. The van der Waals surface area contributed by atoms with Crippen molar-refractivity contribution in [2.75, 3.05) is 26.7 Å². The Morgan fingerprint density at radius 1 is 1.32 bits per heavy atom. The molecular weight excluding hydrogens is 316 g/mol. The highest BCUT2D eigenvalue weighted by molar-refractivity contribution is 5.83. The van der Waals surface area contributed by atoms with Gasteiger partial charge in [0.25, 0.3) is 0 Å². The standard InChI is InChI=1S/C19H24N4O2/c1-22(11-15-6-2-5-14-7-3-9-21-18(14)15)19(25)16-8-4-10-23(12-16)13-17(20)24/h2-3,5-7,9,16H,4,8,10-13H2,1H3,(H2,20,24). The first-order chi connectivity index (χ1) is 12.0. The van der Waals surface area contributed by atoms with Crippen molar-refractivity contribution < 1.29 is 9.59 Å². The van der Waals surface area contributed by atoms with Crippen molar-refractivity contribution in [3.05, 3.63) is 42.1 Å². The van der Waals surface area contributed by atoms with Crippen molar-refractivity contribution in [2.24, 2.45) is 11.7 Å². The molecule has 2 amide bonds. The third-order valence-electron chi connectivity index (χ3n) is 4.73. The molecule has 6 nitrogen and oxygen atoms in total. The summed E-state index contributed by atoms with van der Waals surface area (Å²) >= 11 is 0. The van der Waals surface area contributed by atoms with Crippen LogP contribution in [0.25, 0.3) is 10.9 Å². The summed E-state index contributed by atoms with van der Waals surface area (Å²) in [5, 5.41) is 1.08. The number of pyridine rings is 1. The van der Waals surface area contributed by atoms with Gasteiger partial charge in [-0.05, 0) is 31.0 Å². The summed E-state index contributed by atoms with van der Waals surface area (Å²) < 4.78 is 0. The van der Waals surface area contributed by atoms with Gasteiger partial charge in [0.1, 0.15) is 0 Å². The van der Waals surface area contributed by atoms with E-state index in [1.807, 2.05) is 42.3 Å². The fourth-order valence-corrected chi connectivity index (χ4v) is 3.56. The van der Waals surface area contributed by atoms with Gasteiger partial charge >= 0.3 is 0 Å². The predicted octanol–water partition coefficient (Wildman–Crippen LogP) is 1.39. The summed E-state index contributed by atoms with van der Waals surface area (Å²) in [6.45, 7) is 2.17. The molecule has 6 heteroatoms. The van der Waals surface area contributed by atoms with E-state index in [-0.39, 0.29) is 24.3 Å². The molecule has 1 aliphatic heterocycles. The van der Waals surface area contributed by atoms with Crippen molar-refractivity contribution in [3.63, 3.8) is 0 Å². The molecular formula is C19H24N4O2. The Kier molecular flexibility index (Phi) is 5.28. The van der Waals surface area contributed by atoms with E-state index >= 15 is 0 Å². The Labute approximate surface area is 147 Å². The number of hydrogen-bond acceptors (Lipinski definition) is 4. The lowest BCUT2D eigenvalue weighted by atomic mass is 9.96. The third kappa shape index (κ3) is 4.14. The molecule has 0 radical (unpaired) electrons. The van der Waals surface area contributed by atoms with Crippen molar-refractivity contribution in [2.45, 2.75) is 19.4 Å². The van der Waals surface area contributed by atoms with Crippen LogP contribution in [0.4, 0.5) is 0 Å². The minimum absolute atomic E-state index is 0.0824. The summed E-state index contributed by atoms with van der Waals surface area (Å²) in [5.41, 5.74) is 7.25. The number of amides is 2. The number of nitrogens with two attached hydrogens (primary N) is 1. The zero-order chi connectivity index (χ0) is 17.8. The number of nitrogens with zero attached hydrogens (tertiary/aromatic N) is 3. The van der Waals surface area contributed by atoms with Crippen molar-refractivity contribution in [3.8, 4) is 0 Å². The Morgan fingerprint density at radius 3 is 2.92 bits per heavy atom. The highest BCUT2D eigenvalue weighted by Crippen LogP contribution is 2.21. The number of piperidine rings is 1. The highest BCUT2D eigenvalue weighted by Gasteiger charge is 2.28. The molecule has 0 aliphatic carbocycles. The van der Waals surface area contributed by atoms with E-state index in [0.29, 0.717) is 13.1 Å². The summed E-state index contributed by atoms with van der Waals surface area (Å²) in [4.78, 5) is 32.1. The monoisotopic (exact) mass is 340 g/mol. The zero-order valence-electron chi connectivity index (χ0n) is 14.5. The Balaban J connectivity index is 1.69. The topological polar surface area (TPSA) is 79.5 Å². The molecule has 25 heavy (non-hydrogen) atoms. The first-order valence-corrected chi connectivity index (χ1v) is 8.63. The molecule has 1 saturated heterocycles. The number of aromatic nitrogens is 1. The molecule has 1 aromatic heterocycles. The van der Waals surface area contributed by atoms with Crippen LogP contribution in [0.5, 0.6) is 0 Å². The Morgan fingerprint density at radius 2 is 2.12 bits per heavy atom. The van der Waals surface area contributed by atoms with Gasteiger partial charge in [0, 0.05) is 31.7 Å². The Hall–Kier alpha value is -2.47. The number of primary amides is 1. The fraction of sp³-hybridized carbons (Fsp3) is 0.421. The third-order valence-corrected chi connectivity index (χ3v) is 4.73. The van der Waals surface area contributed by atoms with Gasteiger partial charge in [-0.25, -0.2) is 0 Å². The number of fused-ring (bicyclic) bond motifs is 1. The van der Waals surface area contributed by atoms with E-state index in [0.717, 1.165) is 35.9 Å². The van der Waals surface area contributed by atoms with Crippen LogP contribution >= 0.6 is 0 Å².